The van der Waals surface area contributed by atoms with Gasteiger partial charge in [0.25, 0.3) is 5.91 Å². The van der Waals surface area contributed by atoms with Crippen LogP contribution in [0, 0.1) is 12.8 Å². The van der Waals surface area contributed by atoms with E-state index in [9.17, 15) is 14.4 Å². The fourth-order valence-corrected chi connectivity index (χ4v) is 4.65. The van der Waals surface area contributed by atoms with E-state index in [0.29, 0.717) is 11.1 Å². The Labute approximate surface area is 227 Å². The summed E-state index contributed by atoms with van der Waals surface area (Å²) in [7, 11) is 6.22. The number of fused-ring (bicyclic) bond motifs is 1. The molecule has 1 aliphatic carbocycles. The number of ketones is 2. The van der Waals surface area contributed by atoms with Crippen molar-refractivity contribution in [3.63, 3.8) is 0 Å². The van der Waals surface area contributed by atoms with E-state index in [4.69, 9.17) is 7.85 Å². The molecule has 0 fully saturated rings. The van der Waals surface area contributed by atoms with Crippen LogP contribution >= 0.6 is 0 Å². The molecule has 0 saturated heterocycles. The third kappa shape index (κ3) is 4.82. The van der Waals surface area contributed by atoms with Crippen molar-refractivity contribution in [2.75, 3.05) is 5.32 Å². The van der Waals surface area contributed by atoms with Crippen molar-refractivity contribution in [3.05, 3.63) is 137 Å². The molecule has 3 aromatic carbocycles. The SMILES string of the molecule is [B]c1c(NC(=O)c2cccc(C)c2)n[nH]c1C(=O)C(=C)C1C=C(c2ccccc2)c2ccccc2C(=C)C1=O. The van der Waals surface area contributed by atoms with E-state index in [-0.39, 0.29) is 33.9 Å². The zero-order valence-corrected chi connectivity index (χ0v) is 21.3. The minimum atomic E-state index is -0.986. The van der Waals surface area contributed by atoms with Gasteiger partial charge >= 0.3 is 0 Å². The van der Waals surface area contributed by atoms with Gasteiger partial charge in [-0.3, -0.25) is 19.5 Å². The average molecular weight is 509 g/mol. The second kappa shape index (κ2) is 10.4. The van der Waals surface area contributed by atoms with Crippen molar-refractivity contribution in [1.29, 1.82) is 0 Å². The molecule has 39 heavy (non-hydrogen) atoms. The highest BCUT2D eigenvalue weighted by atomic mass is 16.2. The normalized spacial score (nSPS) is 14.7. The number of carbonyl (C=O) groups excluding carboxylic acids is 3. The highest BCUT2D eigenvalue weighted by Crippen LogP contribution is 2.38. The predicted octanol–water partition coefficient (Wildman–Crippen LogP) is 4.85. The lowest BCUT2D eigenvalue weighted by Crippen LogP contribution is -2.25. The lowest BCUT2D eigenvalue weighted by Gasteiger charge is -2.14. The first-order valence-corrected chi connectivity index (χ1v) is 12.3. The second-order valence-electron chi connectivity index (χ2n) is 9.35. The maximum absolute atomic E-state index is 13.6. The van der Waals surface area contributed by atoms with Crippen LogP contribution in [0.25, 0.3) is 11.1 Å². The number of aryl methyl sites for hydroxylation is 1. The Balaban J connectivity index is 1.48. The van der Waals surface area contributed by atoms with Gasteiger partial charge < -0.3 is 5.32 Å². The van der Waals surface area contributed by atoms with Gasteiger partial charge in [-0.15, -0.1) is 0 Å². The number of nitrogens with zero attached hydrogens (tertiary/aromatic N) is 1. The number of amides is 1. The molecule has 1 aromatic heterocycles. The Morgan fingerprint density at radius 2 is 1.67 bits per heavy atom. The van der Waals surface area contributed by atoms with E-state index in [0.717, 1.165) is 22.3 Å². The number of Topliss-reactive ketones (excluding diaryl/α,β-unsaturated/α-hetero) is 2. The first kappa shape index (κ1) is 25.6. The molecule has 1 aliphatic rings. The number of hydrogen-bond donors (Lipinski definition) is 2. The summed E-state index contributed by atoms with van der Waals surface area (Å²) in [6.07, 6.45) is 1.75. The lowest BCUT2D eigenvalue weighted by molar-refractivity contribution is -0.115. The Morgan fingerprint density at radius 1 is 0.974 bits per heavy atom. The number of H-pyrrole nitrogens is 1. The maximum Gasteiger partial charge on any atom is 0.256 e. The van der Waals surface area contributed by atoms with E-state index in [1.165, 1.54) is 0 Å². The summed E-state index contributed by atoms with van der Waals surface area (Å²) in [4.78, 5) is 39.9. The summed E-state index contributed by atoms with van der Waals surface area (Å²) >= 11 is 0. The van der Waals surface area contributed by atoms with Crippen molar-refractivity contribution in [2.24, 2.45) is 5.92 Å². The van der Waals surface area contributed by atoms with Crippen molar-refractivity contribution in [2.45, 2.75) is 6.92 Å². The number of anilines is 1. The molecular formula is C32H24BN3O3. The minimum absolute atomic E-state index is 0.00861. The monoisotopic (exact) mass is 509 g/mol. The van der Waals surface area contributed by atoms with Crippen molar-refractivity contribution >= 4 is 47.7 Å². The number of nitrogens with one attached hydrogen (secondary N) is 2. The molecule has 6 nitrogen and oxygen atoms in total. The van der Waals surface area contributed by atoms with Crippen LogP contribution in [-0.4, -0.2) is 35.5 Å². The standard InChI is InChI=1S/C32H24BN3O3/c1-18-10-9-13-22(16-18)32(39)34-31-27(33)28(35-36-31)30(38)20(3)25-17-26(21-11-5-4-6-12-21)24-15-8-7-14-23(24)19(2)29(25)37/h4-17,25H,2-3H2,1H3,(H2,34,35,36,39). The summed E-state index contributed by atoms with van der Waals surface area (Å²) in [5.41, 5.74) is 4.76. The topological polar surface area (TPSA) is 91.9 Å². The molecule has 0 aliphatic heterocycles. The molecule has 0 saturated carbocycles. The first-order valence-electron chi connectivity index (χ1n) is 12.3. The molecule has 7 heteroatoms. The summed E-state index contributed by atoms with van der Waals surface area (Å²) in [6.45, 7) is 9.92. The largest absolute Gasteiger partial charge is 0.306 e. The fourth-order valence-electron chi connectivity index (χ4n) is 4.65. The van der Waals surface area contributed by atoms with Gasteiger partial charge in [0.2, 0.25) is 5.78 Å². The van der Waals surface area contributed by atoms with Crippen LogP contribution < -0.4 is 10.8 Å². The van der Waals surface area contributed by atoms with Gasteiger partial charge in [0.15, 0.2) is 5.78 Å². The van der Waals surface area contributed by atoms with Gasteiger partial charge in [0.05, 0.1) is 5.92 Å². The highest BCUT2D eigenvalue weighted by Gasteiger charge is 2.33. The lowest BCUT2D eigenvalue weighted by atomic mass is 9.84. The van der Waals surface area contributed by atoms with Crippen LogP contribution in [-0.2, 0) is 4.79 Å². The smallest absolute Gasteiger partial charge is 0.256 e. The van der Waals surface area contributed by atoms with E-state index in [1.54, 1.807) is 24.3 Å². The van der Waals surface area contributed by atoms with Gasteiger partial charge in [0.1, 0.15) is 19.4 Å². The molecule has 1 unspecified atom stereocenters. The van der Waals surface area contributed by atoms with E-state index >= 15 is 0 Å². The molecule has 188 valence electrons. The molecule has 0 bridgehead atoms. The maximum atomic E-state index is 13.6. The number of allylic oxidation sites excluding steroid dienone is 3. The number of carbonyl (C=O) groups is 3. The van der Waals surface area contributed by atoms with E-state index in [1.807, 2.05) is 67.6 Å². The third-order valence-electron chi connectivity index (χ3n) is 6.75. The highest BCUT2D eigenvalue weighted by molar-refractivity contribution is 6.41. The van der Waals surface area contributed by atoms with Crippen molar-refractivity contribution < 1.29 is 14.4 Å². The quantitative estimate of drug-likeness (QED) is 0.221. The van der Waals surface area contributed by atoms with E-state index < -0.39 is 17.6 Å². The van der Waals surface area contributed by atoms with Gasteiger partial charge in [-0.1, -0.05) is 91.5 Å². The molecule has 1 amide bonds. The number of aromatic nitrogens is 2. The molecule has 4 aromatic rings. The molecule has 1 atom stereocenters. The molecule has 0 spiro atoms. The fraction of sp³-hybridized carbons (Fsp3) is 0.0625. The second-order valence-corrected chi connectivity index (χ2v) is 9.35. The third-order valence-corrected chi connectivity index (χ3v) is 6.75. The number of rotatable bonds is 6. The van der Waals surface area contributed by atoms with Crippen LogP contribution in [0.2, 0.25) is 0 Å². The molecule has 1 heterocycles. The summed E-state index contributed by atoms with van der Waals surface area (Å²) < 4.78 is 0. The first-order chi connectivity index (χ1) is 18.8. The summed E-state index contributed by atoms with van der Waals surface area (Å²) in [5.74, 6) is -2.31. The van der Waals surface area contributed by atoms with Crippen molar-refractivity contribution in [3.8, 4) is 0 Å². The summed E-state index contributed by atoms with van der Waals surface area (Å²) in [5, 5.41) is 9.28. The number of benzene rings is 3. The minimum Gasteiger partial charge on any atom is -0.306 e. The zero-order valence-electron chi connectivity index (χ0n) is 21.3. The Bertz CT molecular complexity index is 1700. The van der Waals surface area contributed by atoms with Crippen LogP contribution in [0.3, 0.4) is 0 Å². The average Bonchev–Trinajstić information content (AvgIpc) is 3.26. The van der Waals surface area contributed by atoms with E-state index in [2.05, 4.69) is 28.7 Å². The Kier molecular flexibility index (Phi) is 6.82. The molecule has 5 rings (SSSR count). The molecular weight excluding hydrogens is 485 g/mol. The van der Waals surface area contributed by atoms with Gasteiger partial charge in [0, 0.05) is 16.7 Å². The van der Waals surface area contributed by atoms with Gasteiger partial charge in [-0.25, -0.2) is 0 Å². The Hall–Kier alpha value is -5.04. The predicted molar refractivity (Wildman–Crippen MR) is 154 cm³/mol. The zero-order chi connectivity index (χ0) is 27.7. The Morgan fingerprint density at radius 3 is 2.38 bits per heavy atom. The molecule has 2 radical (unpaired) electrons. The number of hydrogen-bond acceptors (Lipinski definition) is 4. The van der Waals surface area contributed by atoms with Crippen LogP contribution in [0.5, 0.6) is 0 Å². The van der Waals surface area contributed by atoms with Crippen molar-refractivity contribution in [1.82, 2.24) is 10.2 Å². The van der Waals surface area contributed by atoms with Gasteiger partial charge in [-0.2, -0.15) is 5.10 Å². The van der Waals surface area contributed by atoms with Crippen LogP contribution in [0.4, 0.5) is 5.82 Å². The molecule has 2 N–H and O–H groups in total. The number of aromatic amines is 1. The van der Waals surface area contributed by atoms with Crippen LogP contribution in [0.1, 0.15) is 43.1 Å². The van der Waals surface area contributed by atoms with Crippen LogP contribution in [0.15, 0.2) is 104 Å². The summed E-state index contributed by atoms with van der Waals surface area (Å²) in [6, 6.07) is 24.2. The van der Waals surface area contributed by atoms with Gasteiger partial charge in [-0.05, 0) is 46.8 Å².